The topological polar surface area (TPSA) is 137 Å². The molecule has 0 aromatic heterocycles. The van der Waals surface area contributed by atoms with Crippen LogP contribution in [-0.4, -0.2) is 24.7 Å². The van der Waals surface area contributed by atoms with Crippen molar-refractivity contribution in [2.75, 3.05) is 0 Å². The van der Waals surface area contributed by atoms with E-state index in [2.05, 4.69) is 22.7 Å². The van der Waals surface area contributed by atoms with Crippen LogP contribution in [0, 0.1) is 10.1 Å². The lowest BCUT2D eigenvalue weighted by Gasteiger charge is -2.07. The summed E-state index contributed by atoms with van der Waals surface area (Å²) in [4.78, 5) is 9.78. The van der Waals surface area contributed by atoms with Crippen LogP contribution in [0.2, 0.25) is 0 Å². The van der Waals surface area contributed by atoms with Gasteiger partial charge in [-0.15, -0.1) is 0 Å². The number of nitro benzene ring substituents is 1. The summed E-state index contributed by atoms with van der Waals surface area (Å²) >= 11 is 4.59. The number of hydrogen-bond acceptors (Lipinski definition) is 7. The van der Waals surface area contributed by atoms with E-state index >= 15 is 0 Å². The Morgan fingerprint density at radius 3 is 2.32 bits per heavy atom. The summed E-state index contributed by atoms with van der Waals surface area (Å²) in [7, 11) is -4.10. The fourth-order valence-corrected chi connectivity index (χ4v) is 2.67. The molecule has 0 unspecified atom stereocenters. The Balaban J connectivity index is 2.11. The molecule has 3 N–H and O–H groups in total. The maximum absolute atomic E-state index is 12.2. The standard InChI is InChI=1S/C14H12N4O5S2/c15-14(24)17-16-9-10-1-5-12(6-2-10)23-25(21,22)13-7-3-11(4-8-13)18(19)20/h1-9H,(H3,15,17,24)/b16-9-. The lowest BCUT2D eigenvalue weighted by atomic mass is 10.2. The van der Waals surface area contributed by atoms with Crippen LogP contribution in [0.4, 0.5) is 5.69 Å². The maximum Gasteiger partial charge on any atom is 0.339 e. The largest absolute Gasteiger partial charge is 0.379 e. The van der Waals surface area contributed by atoms with E-state index in [1.54, 1.807) is 12.1 Å². The molecule has 0 aliphatic rings. The second-order valence-corrected chi connectivity index (χ2v) is 6.58. The summed E-state index contributed by atoms with van der Waals surface area (Å²) in [5.74, 6) is 0.0813. The van der Waals surface area contributed by atoms with Gasteiger partial charge in [0.2, 0.25) is 0 Å². The van der Waals surface area contributed by atoms with E-state index in [-0.39, 0.29) is 21.4 Å². The lowest BCUT2D eigenvalue weighted by molar-refractivity contribution is -0.384. The number of nitrogens with one attached hydrogen (secondary N) is 1. The molecule has 2 aromatic rings. The first-order chi connectivity index (χ1) is 11.8. The van der Waals surface area contributed by atoms with Gasteiger partial charge in [0.15, 0.2) is 5.11 Å². The predicted molar refractivity (Wildman–Crippen MR) is 94.9 cm³/mol. The van der Waals surface area contributed by atoms with Gasteiger partial charge in [0.1, 0.15) is 10.6 Å². The highest BCUT2D eigenvalue weighted by atomic mass is 32.2. The Labute approximate surface area is 148 Å². The summed E-state index contributed by atoms with van der Waals surface area (Å²) in [5.41, 5.74) is 8.04. The minimum absolute atomic E-state index is 0.0189. The third-order valence-electron chi connectivity index (χ3n) is 2.81. The highest BCUT2D eigenvalue weighted by molar-refractivity contribution is 7.87. The smallest absolute Gasteiger partial charge is 0.339 e. The molecular formula is C14H12N4O5S2. The Bertz CT molecular complexity index is 909. The average molecular weight is 380 g/mol. The molecule has 0 bridgehead atoms. The van der Waals surface area contributed by atoms with Crippen molar-refractivity contribution in [1.82, 2.24) is 5.43 Å². The zero-order valence-corrected chi connectivity index (χ0v) is 14.2. The quantitative estimate of drug-likeness (QED) is 0.253. The molecule has 0 fully saturated rings. The Hall–Kier alpha value is -3.05. The molecule has 0 aliphatic carbocycles. The molecule has 0 amide bonds. The summed E-state index contributed by atoms with van der Waals surface area (Å²) in [6.45, 7) is 0. The molecule has 2 rings (SSSR count). The van der Waals surface area contributed by atoms with Gasteiger partial charge in [-0.2, -0.15) is 13.5 Å². The fourth-order valence-electron chi connectivity index (χ4n) is 1.69. The predicted octanol–water partition coefficient (Wildman–Crippen LogP) is 1.53. The SMILES string of the molecule is NC(=S)N/N=C\c1ccc(OS(=O)(=O)c2ccc([N+](=O)[O-])cc2)cc1. The molecule has 0 atom stereocenters. The Morgan fingerprint density at radius 2 is 1.80 bits per heavy atom. The van der Waals surface area contributed by atoms with Crippen molar-refractivity contribution < 1.29 is 17.5 Å². The number of rotatable bonds is 6. The zero-order valence-electron chi connectivity index (χ0n) is 12.5. The molecule has 0 spiro atoms. The molecule has 0 aliphatic heterocycles. The van der Waals surface area contributed by atoms with Crippen LogP contribution in [0.15, 0.2) is 58.5 Å². The van der Waals surface area contributed by atoms with E-state index in [0.29, 0.717) is 5.56 Å². The van der Waals surface area contributed by atoms with Crippen molar-refractivity contribution in [2.24, 2.45) is 10.8 Å². The van der Waals surface area contributed by atoms with Gasteiger partial charge >= 0.3 is 10.1 Å². The molecule has 0 saturated carbocycles. The number of hydrazone groups is 1. The molecule has 11 heteroatoms. The van der Waals surface area contributed by atoms with Gasteiger partial charge in [-0.3, -0.25) is 15.5 Å². The van der Waals surface area contributed by atoms with Crippen LogP contribution in [-0.2, 0) is 10.1 Å². The van der Waals surface area contributed by atoms with Crippen molar-refractivity contribution in [3.05, 3.63) is 64.2 Å². The van der Waals surface area contributed by atoms with E-state index in [4.69, 9.17) is 9.92 Å². The summed E-state index contributed by atoms with van der Waals surface area (Å²) < 4.78 is 29.3. The summed E-state index contributed by atoms with van der Waals surface area (Å²) in [5, 5.41) is 14.4. The van der Waals surface area contributed by atoms with Gasteiger partial charge < -0.3 is 9.92 Å². The van der Waals surface area contributed by atoms with Crippen molar-refractivity contribution >= 4 is 39.4 Å². The lowest BCUT2D eigenvalue weighted by Crippen LogP contribution is -2.23. The molecule has 0 saturated heterocycles. The monoisotopic (exact) mass is 380 g/mol. The minimum Gasteiger partial charge on any atom is -0.379 e. The summed E-state index contributed by atoms with van der Waals surface area (Å²) in [6, 6.07) is 10.4. The van der Waals surface area contributed by atoms with Gasteiger partial charge in [0.05, 0.1) is 11.1 Å². The molecule has 0 radical (unpaired) electrons. The number of nitrogens with zero attached hydrogens (tertiary/aromatic N) is 2. The molecule has 0 heterocycles. The van der Waals surface area contributed by atoms with E-state index in [1.165, 1.54) is 18.3 Å². The van der Waals surface area contributed by atoms with E-state index < -0.39 is 15.0 Å². The number of nitro groups is 1. The van der Waals surface area contributed by atoms with Gasteiger partial charge in [-0.05, 0) is 54.2 Å². The molecular weight excluding hydrogens is 368 g/mol. The molecule has 130 valence electrons. The van der Waals surface area contributed by atoms with Crippen LogP contribution >= 0.6 is 12.2 Å². The summed E-state index contributed by atoms with van der Waals surface area (Å²) in [6.07, 6.45) is 1.44. The van der Waals surface area contributed by atoms with Crippen LogP contribution < -0.4 is 15.3 Å². The molecule has 2 aromatic carbocycles. The highest BCUT2D eigenvalue weighted by Crippen LogP contribution is 2.21. The van der Waals surface area contributed by atoms with Crippen LogP contribution in [0.1, 0.15) is 5.56 Å². The second-order valence-electron chi connectivity index (χ2n) is 4.59. The van der Waals surface area contributed by atoms with Gasteiger partial charge in [0.25, 0.3) is 5.69 Å². The first-order valence-electron chi connectivity index (χ1n) is 6.65. The third-order valence-corrected chi connectivity index (χ3v) is 4.16. The normalized spacial score (nSPS) is 11.2. The van der Waals surface area contributed by atoms with Gasteiger partial charge in [-0.1, -0.05) is 0 Å². The van der Waals surface area contributed by atoms with Gasteiger partial charge in [0, 0.05) is 12.1 Å². The van der Waals surface area contributed by atoms with E-state index in [0.717, 1.165) is 24.3 Å². The number of hydrogen-bond donors (Lipinski definition) is 2. The number of non-ortho nitro benzene ring substituents is 1. The minimum atomic E-state index is -4.10. The first kappa shape index (κ1) is 18.3. The second kappa shape index (κ2) is 7.68. The third kappa shape index (κ3) is 5.22. The van der Waals surface area contributed by atoms with Crippen molar-refractivity contribution in [2.45, 2.75) is 4.90 Å². The molecule has 25 heavy (non-hydrogen) atoms. The van der Waals surface area contributed by atoms with E-state index in [1.807, 2.05) is 0 Å². The number of nitrogens with two attached hydrogens (primary N) is 1. The first-order valence-corrected chi connectivity index (χ1v) is 8.47. The van der Waals surface area contributed by atoms with Crippen LogP contribution in [0.3, 0.4) is 0 Å². The van der Waals surface area contributed by atoms with Crippen molar-refractivity contribution in [1.29, 1.82) is 0 Å². The molecule has 9 nitrogen and oxygen atoms in total. The average Bonchev–Trinajstić information content (AvgIpc) is 2.56. The maximum atomic E-state index is 12.2. The van der Waals surface area contributed by atoms with Crippen molar-refractivity contribution in [3.8, 4) is 5.75 Å². The number of benzene rings is 2. The van der Waals surface area contributed by atoms with E-state index in [9.17, 15) is 18.5 Å². The van der Waals surface area contributed by atoms with Crippen LogP contribution in [0.25, 0.3) is 0 Å². The Kier molecular flexibility index (Phi) is 5.62. The van der Waals surface area contributed by atoms with Crippen molar-refractivity contribution in [3.63, 3.8) is 0 Å². The zero-order chi connectivity index (χ0) is 18.4. The van der Waals surface area contributed by atoms with Crippen LogP contribution in [0.5, 0.6) is 5.75 Å². The fraction of sp³-hybridized carbons (Fsp3) is 0. The van der Waals surface area contributed by atoms with Gasteiger partial charge in [-0.25, -0.2) is 0 Å². The highest BCUT2D eigenvalue weighted by Gasteiger charge is 2.18. The number of thiocarbonyl (C=S) groups is 1. The Morgan fingerprint density at radius 1 is 1.20 bits per heavy atom.